The number of carbonyl (C=O) groups is 2. The molecule has 27 heavy (non-hydrogen) atoms. The second kappa shape index (κ2) is 7.57. The number of piperazine rings is 1. The molecule has 0 aliphatic carbocycles. The van der Waals surface area contributed by atoms with Gasteiger partial charge >= 0.3 is 0 Å². The minimum absolute atomic E-state index is 0.0415. The van der Waals surface area contributed by atoms with E-state index in [1.165, 1.54) is 15.9 Å². The maximum absolute atomic E-state index is 12.9. The highest BCUT2D eigenvalue weighted by molar-refractivity contribution is 5.97. The van der Waals surface area contributed by atoms with Crippen LogP contribution in [0.4, 0.5) is 5.69 Å². The van der Waals surface area contributed by atoms with Crippen molar-refractivity contribution in [1.29, 1.82) is 0 Å². The summed E-state index contributed by atoms with van der Waals surface area (Å²) in [6.45, 7) is 0. The van der Waals surface area contributed by atoms with Crippen molar-refractivity contribution >= 4 is 17.5 Å². The Morgan fingerprint density at radius 2 is 1.37 bits per heavy atom. The molecule has 2 amide bonds. The van der Waals surface area contributed by atoms with Gasteiger partial charge in [-0.15, -0.1) is 0 Å². The highest BCUT2D eigenvalue weighted by atomic mass is 16.6. The smallest absolute Gasteiger partial charge is 0.272 e. The van der Waals surface area contributed by atoms with Gasteiger partial charge < -0.3 is 9.80 Å². The second-order valence-corrected chi connectivity index (χ2v) is 6.71. The van der Waals surface area contributed by atoms with E-state index >= 15 is 0 Å². The molecule has 0 radical (unpaired) electrons. The quantitative estimate of drug-likeness (QED) is 0.598. The molecule has 0 aromatic heterocycles. The lowest BCUT2D eigenvalue weighted by atomic mass is 9.95. The van der Waals surface area contributed by atoms with Crippen LogP contribution in [0.25, 0.3) is 0 Å². The topological polar surface area (TPSA) is 83.8 Å². The van der Waals surface area contributed by atoms with Crippen molar-refractivity contribution in [3.05, 3.63) is 75.8 Å². The minimum atomic E-state index is -0.754. The Balaban J connectivity index is 1.83. The van der Waals surface area contributed by atoms with E-state index in [-0.39, 0.29) is 23.9 Å². The standard InChI is InChI=1S/C20H21N3O4/c1-21-17(12-14-8-4-3-5-9-14)19(24)22(2)18(20(21)25)13-15-10-6-7-11-16(15)23(26)27/h3-11,17-18H,12-13H2,1-2H3/t17-,18?/m0/s1. The Hall–Kier alpha value is -3.22. The molecule has 1 saturated heterocycles. The first-order valence-corrected chi connectivity index (χ1v) is 8.69. The molecule has 1 fully saturated rings. The first-order chi connectivity index (χ1) is 12.9. The summed E-state index contributed by atoms with van der Waals surface area (Å²) < 4.78 is 0. The van der Waals surface area contributed by atoms with Crippen molar-refractivity contribution < 1.29 is 14.5 Å². The number of likely N-dealkylation sites (N-methyl/N-ethyl adjacent to an activating group) is 2. The molecule has 0 N–H and O–H groups in total. The van der Waals surface area contributed by atoms with Crippen LogP contribution < -0.4 is 0 Å². The molecule has 1 aliphatic heterocycles. The van der Waals surface area contributed by atoms with E-state index in [1.54, 1.807) is 32.3 Å². The van der Waals surface area contributed by atoms with Crippen LogP contribution in [0.1, 0.15) is 11.1 Å². The third-order valence-corrected chi connectivity index (χ3v) is 5.07. The molecule has 0 saturated carbocycles. The lowest BCUT2D eigenvalue weighted by Gasteiger charge is -2.42. The molecule has 140 valence electrons. The SMILES string of the molecule is CN1C(=O)[C@H](Cc2ccccc2)N(C)C(=O)C1Cc1ccccc1[N+](=O)[O-]. The fourth-order valence-electron chi connectivity index (χ4n) is 3.46. The molecule has 1 unspecified atom stereocenters. The number of nitro benzene ring substituents is 1. The second-order valence-electron chi connectivity index (χ2n) is 6.71. The molecule has 0 spiro atoms. The largest absolute Gasteiger partial charge is 0.332 e. The summed E-state index contributed by atoms with van der Waals surface area (Å²) in [5, 5.41) is 11.2. The highest BCUT2D eigenvalue weighted by Crippen LogP contribution is 2.25. The number of carbonyl (C=O) groups excluding carboxylic acids is 2. The van der Waals surface area contributed by atoms with Crippen LogP contribution >= 0.6 is 0 Å². The zero-order valence-corrected chi connectivity index (χ0v) is 15.2. The summed E-state index contributed by atoms with van der Waals surface area (Å²) in [5.41, 5.74) is 1.37. The van der Waals surface area contributed by atoms with Gasteiger partial charge in [-0.3, -0.25) is 19.7 Å². The third-order valence-electron chi connectivity index (χ3n) is 5.07. The van der Waals surface area contributed by atoms with Gasteiger partial charge in [0.05, 0.1) is 4.92 Å². The van der Waals surface area contributed by atoms with Gasteiger partial charge in [0.2, 0.25) is 11.8 Å². The molecule has 7 heteroatoms. The summed E-state index contributed by atoms with van der Waals surface area (Å²) in [7, 11) is 3.21. The number of benzene rings is 2. The van der Waals surface area contributed by atoms with Gasteiger partial charge in [-0.25, -0.2) is 0 Å². The minimum Gasteiger partial charge on any atom is -0.332 e. The van der Waals surface area contributed by atoms with Crippen LogP contribution in [0.5, 0.6) is 0 Å². The molecule has 1 aliphatic rings. The van der Waals surface area contributed by atoms with Crippen molar-refractivity contribution in [3.8, 4) is 0 Å². The number of rotatable bonds is 5. The summed E-state index contributed by atoms with van der Waals surface area (Å²) >= 11 is 0. The van der Waals surface area contributed by atoms with Crippen LogP contribution in [-0.2, 0) is 22.4 Å². The number of nitro groups is 1. The van der Waals surface area contributed by atoms with E-state index in [9.17, 15) is 19.7 Å². The van der Waals surface area contributed by atoms with Crippen LogP contribution in [0, 0.1) is 10.1 Å². The number of nitrogens with zero attached hydrogens (tertiary/aromatic N) is 3. The van der Waals surface area contributed by atoms with Gasteiger partial charge in [0.15, 0.2) is 0 Å². The van der Waals surface area contributed by atoms with E-state index in [0.717, 1.165) is 5.56 Å². The Kier molecular flexibility index (Phi) is 5.21. The maximum Gasteiger partial charge on any atom is 0.272 e. The zero-order valence-electron chi connectivity index (χ0n) is 15.2. The van der Waals surface area contributed by atoms with Crippen molar-refractivity contribution in [3.63, 3.8) is 0 Å². The van der Waals surface area contributed by atoms with E-state index < -0.39 is 17.0 Å². The molecular weight excluding hydrogens is 346 g/mol. The van der Waals surface area contributed by atoms with Crippen molar-refractivity contribution in [1.82, 2.24) is 9.80 Å². The summed E-state index contributed by atoms with van der Waals surface area (Å²) in [6, 6.07) is 14.5. The van der Waals surface area contributed by atoms with Crippen LogP contribution in [0.3, 0.4) is 0 Å². The monoisotopic (exact) mass is 367 g/mol. The summed E-state index contributed by atoms with van der Waals surface area (Å²) in [5.74, 6) is -0.374. The van der Waals surface area contributed by atoms with Crippen LogP contribution in [-0.4, -0.2) is 52.7 Å². The lowest BCUT2D eigenvalue weighted by Crippen LogP contribution is -2.63. The lowest BCUT2D eigenvalue weighted by molar-refractivity contribution is -0.385. The normalized spacial score (nSPS) is 20.1. The zero-order chi connectivity index (χ0) is 19.6. The molecule has 2 aromatic carbocycles. The highest BCUT2D eigenvalue weighted by Gasteiger charge is 2.43. The predicted octanol–water partition coefficient (Wildman–Crippen LogP) is 2.05. The van der Waals surface area contributed by atoms with E-state index in [2.05, 4.69) is 0 Å². The van der Waals surface area contributed by atoms with Gasteiger partial charge in [0.1, 0.15) is 12.1 Å². The first kappa shape index (κ1) is 18.6. The molecular formula is C20H21N3O4. The van der Waals surface area contributed by atoms with Crippen molar-refractivity contribution in [2.45, 2.75) is 24.9 Å². The van der Waals surface area contributed by atoms with E-state index in [1.807, 2.05) is 30.3 Å². The molecule has 3 rings (SSSR count). The van der Waals surface area contributed by atoms with Crippen LogP contribution in [0.15, 0.2) is 54.6 Å². The Morgan fingerprint density at radius 3 is 1.96 bits per heavy atom. The Morgan fingerprint density at radius 1 is 0.852 bits per heavy atom. The number of hydrogen-bond acceptors (Lipinski definition) is 4. The number of amides is 2. The van der Waals surface area contributed by atoms with Crippen LogP contribution in [0.2, 0.25) is 0 Å². The van der Waals surface area contributed by atoms with Gasteiger partial charge in [0.25, 0.3) is 5.69 Å². The Bertz CT molecular complexity index is 869. The van der Waals surface area contributed by atoms with E-state index in [4.69, 9.17) is 0 Å². The maximum atomic E-state index is 12.9. The fourth-order valence-corrected chi connectivity index (χ4v) is 3.46. The molecule has 7 nitrogen and oxygen atoms in total. The molecule has 0 bridgehead atoms. The van der Waals surface area contributed by atoms with E-state index in [0.29, 0.717) is 12.0 Å². The first-order valence-electron chi connectivity index (χ1n) is 8.69. The van der Waals surface area contributed by atoms with Gasteiger partial charge in [-0.2, -0.15) is 0 Å². The number of hydrogen-bond donors (Lipinski definition) is 0. The van der Waals surface area contributed by atoms with Crippen molar-refractivity contribution in [2.75, 3.05) is 14.1 Å². The van der Waals surface area contributed by atoms with Gasteiger partial charge in [0, 0.05) is 38.6 Å². The average Bonchev–Trinajstić information content (AvgIpc) is 2.68. The molecule has 1 heterocycles. The van der Waals surface area contributed by atoms with Crippen molar-refractivity contribution in [2.24, 2.45) is 0 Å². The number of para-hydroxylation sites is 1. The summed E-state index contributed by atoms with van der Waals surface area (Å²) in [6.07, 6.45) is 0.547. The predicted molar refractivity (Wildman–Crippen MR) is 100 cm³/mol. The fraction of sp³-hybridized carbons (Fsp3) is 0.300. The molecule has 2 atom stereocenters. The third kappa shape index (κ3) is 3.67. The van der Waals surface area contributed by atoms with Gasteiger partial charge in [-0.1, -0.05) is 48.5 Å². The summed E-state index contributed by atoms with van der Waals surface area (Å²) in [4.78, 5) is 39.5. The average molecular weight is 367 g/mol. The van der Waals surface area contributed by atoms with Gasteiger partial charge in [-0.05, 0) is 5.56 Å². The molecule has 2 aromatic rings. The Labute approximate surface area is 157 Å².